The van der Waals surface area contributed by atoms with E-state index >= 15 is 0 Å². The Morgan fingerprint density at radius 1 is 1.00 bits per heavy atom. The lowest BCUT2D eigenvalue weighted by molar-refractivity contribution is -0.103. The molecule has 0 radical (unpaired) electrons. The van der Waals surface area contributed by atoms with Gasteiger partial charge in [-0.1, -0.05) is 30.3 Å². The number of hydroxylamine groups is 2. The zero-order valence-electron chi connectivity index (χ0n) is 20.6. The molecule has 5 rings (SSSR count). The third-order valence-corrected chi connectivity index (χ3v) is 5.77. The Hall–Kier alpha value is -4.51. The van der Waals surface area contributed by atoms with Crippen LogP contribution in [0.25, 0.3) is 21.9 Å². The number of nitrogens with zero attached hydrogens (tertiary/aromatic N) is 4. The van der Waals surface area contributed by atoms with Gasteiger partial charge in [0.2, 0.25) is 0 Å². The van der Waals surface area contributed by atoms with Crippen LogP contribution >= 0.6 is 0 Å². The fourth-order valence-corrected chi connectivity index (χ4v) is 4.25. The lowest BCUT2D eigenvalue weighted by Gasteiger charge is -2.20. The van der Waals surface area contributed by atoms with E-state index in [0.717, 1.165) is 10.4 Å². The molecule has 3 N–H and O–H groups in total. The molecule has 0 saturated heterocycles. The number of alkyl carbamates (subject to hydrolysis) is 1. The quantitative estimate of drug-likeness (QED) is 0.382. The maximum atomic E-state index is 12.7. The molecule has 0 bridgehead atoms. The van der Waals surface area contributed by atoms with E-state index in [1.165, 1.54) is 0 Å². The van der Waals surface area contributed by atoms with Crippen molar-refractivity contribution < 1.29 is 24.0 Å². The molecule has 3 heterocycles. The van der Waals surface area contributed by atoms with Gasteiger partial charge in [-0.15, -0.1) is 5.06 Å². The molecule has 2 aromatic carbocycles. The number of nitrogen functional groups attached to an aromatic ring is 1. The summed E-state index contributed by atoms with van der Waals surface area (Å²) in [6.07, 6.45) is -0.549. The predicted octanol–water partition coefficient (Wildman–Crippen LogP) is 3.42. The molecule has 190 valence electrons. The second-order valence-corrected chi connectivity index (χ2v) is 9.54. The molecule has 4 aromatic rings. The molecule has 37 heavy (non-hydrogen) atoms. The summed E-state index contributed by atoms with van der Waals surface area (Å²) in [4.78, 5) is 52.4. The third kappa shape index (κ3) is 4.56. The molecule has 0 unspecified atom stereocenters. The van der Waals surface area contributed by atoms with Crippen LogP contribution in [0.2, 0.25) is 0 Å². The fourth-order valence-electron chi connectivity index (χ4n) is 4.25. The molecule has 1 aliphatic heterocycles. The predicted molar refractivity (Wildman–Crippen MR) is 135 cm³/mol. The number of nitrogens with two attached hydrogens (primary N) is 1. The van der Waals surface area contributed by atoms with Crippen LogP contribution in [0.1, 0.15) is 47.3 Å². The van der Waals surface area contributed by atoms with Crippen molar-refractivity contribution in [1.29, 1.82) is 0 Å². The van der Waals surface area contributed by atoms with Crippen molar-refractivity contribution in [3.05, 3.63) is 65.5 Å². The average molecular weight is 503 g/mol. The number of amides is 3. The largest absolute Gasteiger partial charge is 0.444 e. The number of nitrogens with one attached hydrogen (secondary N) is 1. The second-order valence-electron chi connectivity index (χ2n) is 9.54. The van der Waals surface area contributed by atoms with E-state index in [1.54, 1.807) is 45.0 Å². The van der Waals surface area contributed by atoms with E-state index < -0.39 is 23.5 Å². The number of carbonyl (C=O) groups excluding carboxylic acids is 3. The monoisotopic (exact) mass is 502 g/mol. The van der Waals surface area contributed by atoms with Gasteiger partial charge in [0.15, 0.2) is 5.82 Å². The summed E-state index contributed by atoms with van der Waals surface area (Å²) in [6, 6.07) is 14.0. The topological polar surface area (TPSA) is 142 Å². The molecule has 3 amide bonds. The highest BCUT2D eigenvalue weighted by Crippen LogP contribution is 2.30. The van der Waals surface area contributed by atoms with Crippen LogP contribution in [0, 0.1) is 0 Å². The summed E-state index contributed by atoms with van der Waals surface area (Å²) in [5.74, 6) is -0.445. The van der Waals surface area contributed by atoms with E-state index in [4.69, 9.17) is 15.3 Å². The van der Waals surface area contributed by atoms with Gasteiger partial charge in [0, 0.05) is 18.5 Å². The number of fused-ring (bicyclic) bond motifs is 4. The highest BCUT2D eigenvalue weighted by molar-refractivity contribution is 6.20. The number of imidazole rings is 1. The van der Waals surface area contributed by atoms with Crippen molar-refractivity contribution in [1.82, 2.24) is 24.9 Å². The number of ether oxygens (including phenoxy) is 1. The third-order valence-electron chi connectivity index (χ3n) is 5.77. The number of hydrogen-bond donors (Lipinski definition) is 2. The van der Waals surface area contributed by atoms with Crippen molar-refractivity contribution in [2.45, 2.75) is 39.5 Å². The van der Waals surface area contributed by atoms with E-state index in [1.807, 2.05) is 28.8 Å². The number of aromatic nitrogens is 3. The Labute approximate surface area is 212 Å². The Balaban J connectivity index is 1.46. The van der Waals surface area contributed by atoms with E-state index in [0.29, 0.717) is 28.9 Å². The first kappa shape index (κ1) is 24.2. The maximum Gasteiger partial charge on any atom is 0.407 e. The summed E-state index contributed by atoms with van der Waals surface area (Å²) in [5.41, 5.74) is 8.00. The lowest BCUT2D eigenvalue weighted by Crippen LogP contribution is -2.34. The highest BCUT2D eigenvalue weighted by Gasteiger charge is 2.37. The molecular formula is C26H26N6O5. The SMILES string of the molecule is CC(C)(C)OC(=O)NCCn1c(CON2C(=O)c3ccccc3C2=O)nc2c(N)nc3ccccc3c21. The summed E-state index contributed by atoms with van der Waals surface area (Å²) in [7, 11) is 0. The fraction of sp³-hybridized carbons (Fsp3) is 0.269. The zero-order valence-corrected chi connectivity index (χ0v) is 20.6. The standard InChI is InChI=1S/C26H26N6O5/c1-26(2,3)37-25(35)28-12-13-31-19(14-36-32-23(33)15-8-4-5-9-16(15)24(32)34)30-20-21(31)17-10-6-7-11-18(17)29-22(20)27/h4-11H,12-14H2,1-3H3,(H2,27,29)(H,28,35). The molecule has 0 saturated carbocycles. The first-order valence-electron chi connectivity index (χ1n) is 11.7. The van der Waals surface area contributed by atoms with Gasteiger partial charge in [-0.3, -0.25) is 14.4 Å². The van der Waals surface area contributed by atoms with Crippen molar-refractivity contribution in [3.63, 3.8) is 0 Å². The Bertz CT molecular complexity index is 1520. The van der Waals surface area contributed by atoms with Crippen LogP contribution < -0.4 is 11.1 Å². The molecule has 0 aliphatic carbocycles. The van der Waals surface area contributed by atoms with Gasteiger partial charge >= 0.3 is 6.09 Å². The second kappa shape index (κ2) is 9.17. The van der Waals surface area contributed by atoms with Gasteiger partial charge in [0.25, 0.3) is 11.8 Å². The van der Waals surface area contributed by atoms with Crippen LogP contribution in [-0.4, -0.2) is 49.7 Å². The van der Waals surface area contributed by atoms with E-state index in [-0.39, 0.29) is 30.1 Å². The highest BCUT2D eigenvalue weighted by atomic mass is 16.7. The van der Waals surface area contributed by atoms with Crippen LogP contribution in [0.4, 0.5) is 10.6 Å². The minimum atomic E-state index is -0.631. The number of hydrogen-bond acceptors (Lipinski definition) is 8. The van der Waals surface area contributed by atoms with Crippen LogP contribution in [0.15, 0.2) is 48.5 Å². The maximum absolute atomic E-state index is 12.7. The molecule has 11 heteroatoms. The number of carbonyl (C=O) groups is 3. The minimum absolute atomic E-state index is 0.194. The lowest BCUT2D eigenvalue weighted by atomic mass is 10.1. The van der Waals surface area contributed by atoms with Crippen molar-refractivity contribution >= 4 is 45.7 Å². The summed E-state index contributed by atoms with van der Waals surface area (Å²) < 4.78 is 7.16. The minimum Gasteiger partial charge on any atom is -0.444 e. The molecule has 0 fully saturated rings. The number of rotatable bonds is 6. The first-order chi connectivity index (χ1) is 17.6. The van der Waals surface area contributed by atoms with E-state index in [9.17, 15) is 14.4 Å². The van der Waals surface area contributed by atoms with Gasteiger partial charge < -0.3 is 20.4 Å². The van der Waals surface area contributed by atoms with Gasteiger partial charge in [0.1, 0.15) is 23.5 Å². The van der Waals surface area contributed by atoms with Gasteiger partial charge in [-0.05, 0) is 39.0 Å². The molecule has 1 aliphatic rings. The van der Waals surface area contributed by atoms with Crippen LogP contribution in [0.3, 0.4) is 0 Å². The van der Waals surface area contributed by atoms with Crippen LogP contribution in [0.5, 0.6) is 0 Å². The number of para-hydroxylation sites is 1. The van der Waals surface area contributed by atoms with Crippen LogP contribution in [-0.2, 0) is 22.7 Å². The molecule has 2 aromatic heterocycles. The Morgan fingerprint density at radius 3 is 2.32 bits per heavy atom. The van der Waals surface area contributed by atoms with Crippen molar-refractivity contribution in [2.24, 2.45) is 0 Å². The van der Waals surface area contributed by atoms with E-state index in [2.05, 4.69) is 15.3 Å². The summed E-state index contributed by atoms with van der Waals surface area (Å²) in [5, 5.41) is 4.29. The number of imide groups is 1. The van der Waals surface area contributed by atoms with Gasteiger partial charge in [0.05, 0.1) is 22.2 Å². The summed E-state index contributed by atoms with van der Waals surface area (Å²) >= 11 is 0. The summed E-state index contributed by atoms with van der Waals surface area (Å²) in [6.45, 7) is 5.67. The molecule has 11 nitrogen and oxygen atoms in total. The van der Waals surface area contributed by atoms with Gasteiger partial charge in [-0.2, -0.15) is 0 Å². The Kier molecular flexibility index (Phi) is 6.00. The van der Waals surface area contributed by atoms with Gasteiger partial charge in [-0.25, -0.2) is 14.8 Å². The van der Waals surface area contributed by atoms with Crippen molar-refractivity contribution in [3.8, 4) is 0 Å². The van der Waals surface area contributed by atoms with Crippen molar-refractivity contribution in [2.75, 3.05) is 12.3 Å². The number of benzene rings is 2. The molecular weight excluding hydrogens is 476 g/mol. The zero-order chi connectivity index (χ0) is 26.3. The average Bonchev–Trinajstić information content (AvgIpc) is 3.33. The number of pyridine rings is 1. The first-order valence-corrected chi connectivity index (χ1v) is 11.7. The smallest absolute Gasteiger partial charge is 0.407 e. The number of anilines is 1. The Morgan fingerprint density at radius 2 is 1.65 bits per heavy atom. The normalized spacial score (nSPS) is 13.4. The molecule has 0 atom stereocenters. The molecule has 0 spiro atoms.